The third kappa shape index (κ3) is 4.79. The molecule has 4 rings (SSSR count). The van der Waals surface area contributed by atoms with Crippen molar-refractivity contribution in [3.05, 3.63) is 78.9 Å². The van der Waals surface area contributed by atoms with E-state index >= 15 is 0 Å². The highest BCUT2D eigenvalue weighted by Crippen LogP contribution is 2.31. The van der Waals surface area contributed by atoms with Gasteiger partial charge in [0.15, 0.2) is 5.75 Å². The number of hydrogen-bond acceptors (Lipinski definition) is 3. The molecule has 0 aromatic heterocycles. The number of ether oxygens (including phenoxy) is 1. The van der Waals surface area contributed by atoms with Gasteiger partial charge in [0.05, 0.1) is 5.69 Å². The normalized spacial score (nSPS) is 12.9. The van der Waals surface area contributed by atoms with E-state index in [1.807, 2.05) is 78.9 Å². The average Bonchev–Trinajstić information content (AvgIpc) is 3.50. The molecule has 3 aromatic carbocycles. The lowest BCUT2D eigenvalue weighted by Gasteiger charge is -2.13. The quantitative estimate of drug-likeness (QED) is 0.544. The molecule has 0 aliphatic heterocycles. The van der Waals surface area contributed by atoms with Gasteiger partial charge in [-0.25, -0.2) is 4.79 Å². The van der Waals surface area contributed by atoms with Crippen LogP contribution in [0.2, 0.25) is 0 Å². The second kappa shape index (κ2) is 7.83. The maximum atomic E-state index is 11.8. The number of hydrogen-bond donors (Lipinski definition) is 3. The summed E-state index contributed by atoms with van der Waals surface area (Å²) in [4.78, 5) is 11.8. The molecular weight excluding hydrogens is 338 g/mol. The highest BCUT2D eigenvalue weighted by Gasteiger charge is 2.23. The third-order valence-electron chi connectivity index (χ3n) is 4.19. The standard InChI is InChI=1S/C22H21N3O2/c26-22(25-18-14-15-18)24-17-12-10-16(11-13-17)23-20-8-4-5-9-21(20)27-19-6-2-1-3-7-19/h1-13,18,23H,14-15H2,(H2,24,25,26). The van der Waals surface area contributed by atoms with E-state index in [0.29, 0.717) is 6.04 Å². The fourth-order valence-electron chi connectivity index (χ4n) is 2.65. The van der Waals surface area contributed by atoms with Crippen molar-refractivity contribution in [1.82, 2.24) is 5.32 Å². The van der Waals surface area contributed by atoms with E-state index < -0.39 is 0 Å². The van der Waals surface area contributed by atoms with Gasteiger partial charge in [-0.2, -0.15) is 0 Å². The number of carbonyl (C=O) groups is 1. The van der Waals surface area contributed by atoms with Crippen LogP contribution in [0.5, 0.6) is 11.5 Å². The van der Waals surface area contributed by atoms with Crippen molar-refractivity contribution in [3.63, 3.8) is 0 Å². The molecule has 0 saturated heterocycles. The number of rotatable bonds is 6. The molecule has 1 saturated carbocycles. The maximum Gasteiger partial charge on any atom is 0.319 e. The summed E-state index contributed by atoms with van der Waals surface area (Å²) in [5.74, 6) is 1.53. The van der Waals surface area contributed by atoms with Crippen molar-refractivity contribution in [2.45, 2.75) is 18.9 Å². The van der Waals surface area contributed by atoms with Gasteiger partial charge in [0.25, 0.3) is 0 Å². The first-order chi connectivity index (χ1) is 13.3. The Kier molecular flexibility index (Phi) is 4.92. The Bertz CT molecular complexity index is 906. The van der Waals surface area contributed by atoms with Gasteiger partial charge < -0.3 is 20.7 Å². The first-order valence-electron chi connectivity index (χ1n) is 9.03. The largest absolute Gasteiger partial charge is 0.455 e. The lowest BCUT2D eigenvalue weighted by Crippen LogP contribution is -2.30. The molecule has 136 valence electrons. The van der Waals surface area contributed by atoms with Gasteiger partial charge >= 0.3 is 6.03 Å². The number of nitrogens with one attached hydrogen (secondary N) is 3. The van der Waals surface area contributed by atoms with Crippen LogP contribution in [0.1, 0.15) is 12.8 Å². The van der Waals surface area contributed by atoms with Gasteiger partial charge in [-0.3, -0.25) is 0 Å². The Morgan fingerprint density at radius 2 is 1.48 bits per heavy atom. The van der Waals surface area contributed by atoms with Crippen LogP contribution in [0.4, 0.5) is 21.9 Å². The van der Waals surface area contributed by atoms with Crippen molar-refractivity contribution >= 4 is 23.1 Å². The number of para-hydroxylation sites is 3. The summed E-state index contributed by atoms with van der Waals surface area (Å²) in [6.07, 6.45) is 2.14. The topological polar surface area (TPSA) is 62.4 Å². The van der Waals surface area contributed by atoms with E-state index in [-0.39, 0.29) is 6.03 Å². The van der Waals surface area contributed by atoms with Crippen LogP contribution in [0.15, 0.2) is 78.9 Å². The van der Waals surface area contributed by atoms with Crippen LogP contribution in [0.25, 0.3) is 0 Å². The smallest absolute Gasteiger partial charge is 0.319 e. The Labute approximate surface area is 158 Å². The highest BCUT2D eigenvalue weighted by atomic mass is 16.5. The van der Waals surface area contributed by atoms with Gasteiger partial charge in [0.1, 0.15) is 5.75 Å². The van der Waals surface area contributed by atoms with Crippen LogP contribution in [0.3, 0.4) is 0 Å². The number of urea groups is 1. The fraction of sp³-hybridized carbons (Fsp3) is 0.136. The van der Waals surface area contributed by atoms with E-state index in [0.717, 1.165) is 41.4 Å². The number of amides is 2. The maximum absolute atomic E-state index is 11.8. The second-order valence-corrected chi connectivity index (χ2v) is 6.49. The molecule has 2 amide bonds. The molecule has 5 nitrogen and oxygen atoms in total. The Hall–Kier alpha value is -3.47. The predicted octanol–water partition coefficient (Wildman–Crippen LogP) is 5.51. The van der Waals surface area contributed by atoms with Crippen LogP contribution < -0.4 is 20.7 Å². The average molecular weight is 359 g/mol. The summed E-state index contributed by atoms with van der Waals surface area (Å²) in [7, 11) is 0. The molecule has 27 heavy (non-hydrogen) atoms. The van der Waals surface area contributed by atoms with Crippen molar-refractivity contribution in [2.75, 3.05) is 10.6 Å². The predicted molar refractivity (Wildman–Crippen MR) is 108 cm³/mol. The minimum Gasteiger partial charge on any atom is -0.455 e. The molecule has 0 spiro atoms. The summed E-state index contributed by atoms with van der Waals surface area (Å²) < 4.78 is 5.97. The molecule has 3 N–H and O–H groups in total. The summed E-state index contributed by atoms with van der Waals surface area (Å²) in [5, 5.41) is 9.11. The molecule has 3 aromatic rings. The highest BCUT2D eigenvalue weighted by molar-refractivity contribution is 5.89. The zero-order valence-electron chi connectivity index (χ0n) is 14.8. The first-order valence-corrected chi connectivity index (χ1v) is 9.03. The Morgan fingerprint density at radius 1 is 0.815 bits per heavy atom. The van der Waals surface area contributed by atoms with Gasteiger partial charge in [-0.05, 0) is 61.4 Å². The van der Waals surface area contributed by atoms with E-state index in [1.54, 1.807) is 0 Å². The minimum atomic E-state index is -0.153. The van der Waals surface area contributed by atoms with Crippen molar-refractivity contribution < 1.29 is 9.53 Å². The summed E-state index contributed by atoms with van der Waals surface area (Å²) in [5.41, 5.74) is 2.54. The van der Waals surface area contributed by atoms with E-state index in [2.05, 4.69) is 16.0 Å². The summed E-state index contributed by atoms with van der Waals surface area (Å²) >= 11 is 0. The molecule has 1 aliphatic rings. The molecule has 1 fully saturated rings. The van der Waals surface area contributed by atoms with Crippen molar-refractivity contribution in [2.24, 2.45) is 0 Å². The zero-order valence-corrected chi connectivity index (χ0v) is 14.8. The molecule has 0 bridgehead atoms. The van der Waals surface area contributed by atoms with Crippen LogP contribution >= 0.6 is 0 Å². The summed E-state index contributed by atoms with van der Waals surface area (Å²) in [6, 6.07) is 25.2. The van der Waals surface area contributed by atoms with Crippen molar-refractivity contribution in [3.8, 4) is 11.5 Å². The lowest BCUT2D eigenvalue weighted by molar-refractivity contribution is 0.251. The SMILES string of the molecule is O=C(Nc1ccc(Nc2ccccc2Oc2ccccc2)cc1)NC1CC1. The molecule has 0 atom stereocenters. The van der Waals surface area contributed by atoms with Crippen molar-refractivity contribution in [1.29, 1.82) is 0 Å². The number of anilines is 3. The van der Waals surface area contributed by atoms with Gasteiger partial charge in [-0.15, -0.1) is 0 Å². The van der Waals surface area contributed by atoms with Crippen LogP contribution in [0, 0.1) is 0 Å². The van der Waals surface area contributed by atoms with E-state index in [4.69, 9.17) is 4.74 Å². The van der Waals surface area contributed by atoms with Gasteiger partial charge in [-0.1, -0.05) is 30.3 Å². The van der Waals surface area contributed by atoms with E-state index in [9.17, 15) is 4.79 Å². The van der Waals surface area contributed by atoms with Gasteiger partial charge in [0, 0.05) is 17.4 Å². The molecule has 0 unspecified atom stereocenters. The Balaban J connectivity index is 1.42. The third-order valence-corrected chi connectivity index (χ3v) is 4.19. The molecule has 1 aliphatic carbocycles. The van der Waals surface area contributed by atoms with E-state index in [1.165, 1.54) is 0 Å². The molecule has 5 heteroatoms. The summed E-state index contributed by atoms with van der Waals surface area (Å²) in [6.45, 7) is 0. The van der Waals surface area contributed by atoms with Gasteiger partial charge in [0.2, 0.25) is 0 Å². The number of benzene rings is 3. The monoisotopic (exact) mass is 359 g/mol. The number of carbonyl (C=O) groups excluding carboxylic acids is 1. The fourth-order valence-corrected chi connectivity index (χ4v) is 2.65. The van der Waals surface area contributed by atoms with Crippen LogP contribution in [-0.2, 0) is 0 Å². The minimum absolute atomic E-state index is 0.153. The first kappa shape index (κ1) is 17.0. The molecule has 0 radical (unpaired) electrons. The molecular formula is C22H21N3O2. The molecule has 0 heterocycles. The van der Waals surface area contributed by atoms with Crippen LogP contribution in [-0.4, -0.2) is 12.1 Å². The zero-order chi connectivity index (χ0) is 18.5. The second-order valence-electron chi connectivity index (χ2n) is 6.49. The lowest BCUT2D eigenvalue weighted by atomic mass is 10.2. The Morgan fingerprint density at radius 3 is 2.22 bits per heavy atom.